The van der Waals surface area contributed by atoms with Gasteiger partial charge in [0.05, 0.1) is 17.7 Å². The van der Waals surface area contributed by atoms with E-state index in [9.17, 15) is 4.79 Å². The molecule has 1 aliphatic heterocycles. The van der Waals surface area contributed by atoms with Crippen LogP contribution < -0.4 is 9.47 Å². The van der Waals surface area contributed by atoms with E-state index in [1.165, 1.54) is 0 Å². The van der Waals surface area contributed by atoms with E-state index in [0.717, 1.165) is 19.4 Å². The molecule has 5 nitrogen and oxygen atoms in total. The van der Waals surface area contributed by atoms with Gasteiger partial charge in [-0.25, -0.2) is 0 Å². The van der Waals surface area contributed by atoms with Crippen molar-refractivity contribution in [2.45, 2.75) is 13.0 Å². The molecule has 116 valence electrons. The highest BCUT2D eigenvalue weighted by Crippen LogP contribution is 2.36. The van der Waals surface area contributed by atoms with Crippen LogP contribution in [-0.4, -0.2) is 57.2 Å². The van der Waals surface area contributed by atoms with Crippen LogP contribution in [0.2, 0.25) is 0 Å². The Kier molecular flexibility index (Phi) is 6.02. The fourth-order valence-corrected chi connectivity index (χ4v) is 2.78. The summed E-state index contributed by atoms with van der Waals surface area (Å²) in [5.41, 5.74) is 0.548. The first-order valence-electron chi connectivity index (χ1n) is 6.98. The molecule has 1 saturated heterocycles. The van der Waals surface area contributed by atoms with Crippen LogP contribution in [0.25, 0.3) is 0 Å². The number of likely N-dealkylation sites (N-methyl/N-ethyl adjacent to an activating group) is 1. The molecule has 1 aromatic rings. The van der Waals surface area contributed by atoms with Crippen LogP contribution in [0.15, 0.2) is 16.6 Å². The second-order valence-corrected chi connectivity index (χ2v) is 5.80. The minimum atomic E-state index is 0.0378. The number of hydrogen-bond acceptors (Lipinski definition) is 5. The van der Waals surface area contributed by atoms with Gasteiger partial charge < -0.3 is 19.1 Å². The Bertz CT molecular complexity index is 495. The van der Waals surface area contributed by atoms with E-state index in [2.05, 4.69) is 27.9 Å². The van der Waals surface area contributed by atoms with Crippen LogP contribution in [0, 0.1) is 0 Å². The number of aldehydes is 1. The number of hydrogen-bond donors (Lipinski definition) is 0. The third kappa shape index (κ3) is 4.43. The lowest BCUT2D eigenvalue weighted by atomic mass is 10.2. The van der Waals surface area contributed by atoms with E-state index >= 15 is 0 Å². The van der Waals surface area contributed by atoms with Gasteiger partial charge in [-0.3, -0.25) is 4.79 Å². The van der Waals surface area contributed by atoms with Crippen molar-refractivity contribution in [1.29, 1.82) is 0 Å². The predicted octanol–water partition coefficient (Wildman–Crippen LogP) is 2.37. The Morgan fingerprint density at radius 1 is 1.48 bits per heavy atom. The van der Waals surface area contributed by atoms with Gasteiger partial charge in [-0.1, -0.05) is 0 Å². The van der Waals surface area contributed by atoms with Crippen molar-refractivity contribution in [3.63, 3.8) is 0 Å². The van der Waals surface area contributed by atoms with Crippen molar-refractivity contribution in [2.24, 2.45) is 0 Å². The first kappa shape index (κ1) is 16.3. The molecule has 0 bridgehead atoms. The number of ether oxygens (including phenoxy) is 3. The van der Waals surface area contributed by atoms with Crippen molar-refractivity contribution >= 4 is 22.2 Å². The highest BCUT2D eigenvalue weighted by molar-refractivity contribution is 9.10. The number of benzene rings is 1. The molecule has 0 radical (unpaired) electrons. The molecule has 1 aromatic carbocycles. The van der Waals surface area contributed by atoms with Gasteiger partial charge in [0, 0.05) is 18.7 Å². The summed E-state index contributed by atoms with van der Waals surface area (Å²) in [6.07, 6.45) is 0.826. The molecular weight excluding hydrogens is 338 g/mol. The van der Waals surface area contributed by atoms with Gasteiger partial charge in [0.1, 0.15) is 19.0 Å². The first-order valence-corrected chi connectivity index (χ1v) is 7.77. The normalized spacial score (nSPS) is 19.3. The molecule has 1 atom stereocenters. The van der Waals surface area contributed by atoms with Gasteiger partial charge >= 0.3 is 0 Å². The lowest BCUT2D eigenvalue weighted by molar-refractivity contribution is -0.0407. The molecule has 2 rings (SSSR count). The van der Waals surface area contributed by atoms with Crippen molar-refractivity contribution in [3.05, 3.63) is 22.2 Å². The standard InChI is InChI=1S/C15H20BrNO4/c1-3-19-14-7-11(9-18)6-13(16)15(14)21-10-12-8-17(2)4-5-20-12/h6-7,9,12H,3-5,8,10H2,1-2H3. The van der Waals surface area contributed by atoms with Crippen molar-refractivity contribution in [1.82, 2.24) is 4.90 Å². The van der Waals surface area contributed by atoms with Gasteiger partial charge in [0.15, 0.2) is 11.5 Å². The SMILES string of the molecule is CCOc1cc(C=O)cc(Br)c1OCC1CN(C)CCO1. The largest absolute Gasteiger partial charge is 0.490 e. The summed E-state index contributed by atoms with van der Waals surface area (Å²) in [5, 5.41) is 0. The number of carbonyl (C=O) groups excluding carboxylic acids is 1. The Hall–Kier alpha value is -1.11. The fourth-order valence-electron chi connectivity index (χ4n) is 2.20. The van der Waals surface area contributed by atoms with Crippen LogP contribution in [0.1, 0.15) is 17.3 Å². The maximum absolute atomic E-state index is 10.9. The van der Waals surface area contributed by atoms with Crippen molar-refractivity contribution in [2.75, 3.05) is 40.0 Å². The third-order valence-electron chi connectivity index (χ3n) is 3.22. The molecule has 0 N–H and O–H groups in total. The first-order chi connectivity index (χ1) is 10.1. The smallest absolute Gasteiger partial charge is 0.175 e. The monoisotopic (exact) mass is 357 g/mol. The summed E-state index contributed by atoms with van der Waals surface area (Å²) in [7, 11) is 2.07. The lowest BCUT2D eigenvalue weighted by Gasteiger charge is -2.30. The van der Waals surface area contributed by atoms with E-state index in [-0.39, 0.29) is 6.10 Å². The summed E-state index contributed by atoms with van der Waals surface area (Å²) in [4.78, 5) is 13.1. The maximum atomic E-state index is 10.9. The Balaban J connectivity index is 2.09. The zero-order valence-corrected chi connectivity index (χ0v) is 13.9. The zero-order valence-electron chi connectivity index (χ0n) is 12.3. The molecule has 0 aliphatic carbocycles. The molecule has 0 saturated carbocycles. The molecule has 0 spiro atoms. The van der Waals surface area contributed by atoms with Crippen LogP contribution in [0.5, 0.6) is 11.5 Å². The molecule has 1 fully saturated rings. The zero-order chi connectivity index (χ0) is 15.2. The van der Waals surface area contributed by atoms with Gasteiger partial charge in [-0.05, 0) is 42.0 Å². The molecule has 6 heteroatoms. The van der Waals surface area contributed by atoms with Crippen molar-refractivity contribution < 1.29 is 19.0 Å². The van der Waals surface area contributed by atoms with Crippen LogP contribution in [0.4, 0.5) is 0 Å². The number of halogens is 1. The average molecular weight is 358 g/mol. The molecule has 0 aromatic heterocycles. The minimum absolute atomic E-state index is 0.0378. The Morgan fingerprint density at radius 2 is 2.29 bits per heavy atom. The van der Waals surface area contributed by atoms with Crippen LogP contribution >= 0.6 is 15.9 Å². The van der Waals surface area contributed by atoms with E-state index in [4.69, 9.17) is 14.2 Å². The summed E-state index contributed by atoms with van der Waals surface area (Å²) in [5.74, 6) is 1.18. The molecule has 1 heterocycles. The average Bonchev–Trinajstić information content (AvgIpc) is 2.46. The van der Waals surface area contributed by atoms with Gasteiger partial charge in [0.25, 0.3) is 0 Å². The second-order valence-electron chi connectivity index (χ2n) is 4.95. The van der Waals surface area contributed by atoms with Crippen LogP contribution in [-0.2, 0) is 4.74 Å². The van der Waals surface area contributed by atoms with Crippen molar-refractivity contribution in [3.8, 4) is 11.5 Å². The fraction of sp³-hybridized carbons (Fsp3) is 0.533. The minimum Gasteiger partial charge on any atom is -0.490 e. The third-order valence-corrected chi connectivity index (χ3v) is 3.81. The Morgan fingerprint density at radius 3 is 2.95 bits per heavy atom. The summed E-state index contributed by atoms with van der Waals surface area (Å²) in [6, 6.07) is 3.41. The number of nitrogens with zero attached hydrogens (tertiary/aromatic N) is 1. The molecule has 0 amide bonds. The van der Waals surface area contributed by atoms with E-state index in [0.29, 0.717) is 41.4 Å². The maximum Gasteiger partial charge on any atom is 0.175 e. The second kappa shape index (κ2) is 7.77. The Labute approximate surface area is 133 Å². The van der Waals surface area contributed by atoms with Crippen LogP contribution in [0.3, 0.4) is 0 Å². The summed E-state index contributed by atoms with van der Waals surface area (Å²) < 4.78 is 17.8. The number of morpholine rings is 1. The quantitative estimate of drug-likeness (QED) is 0.731. The predicted molar refractivity (Wildman–Crippen MR) is 83.4 cm³/mol. The summed E-state index contributed by atoms with van der Waals surface area (Å²) >= 11 is 3.43. The highest BCUT2D eigenvalue weighted by Gasteiger charge is 2.20. The number of rotatable bonds is 6. The van der Waals surface area contributed by atoms with Gasteiger partial charge in [-0.15, -0.1) is 0 Å². The number of carbonyl (C=O) groups is 1. The highest BCUT2D eigenvalue weighted by atomic mass is 79.9. The van der Waals surface area contributed by atoms with E-state index in [1.807, 2.05) is 6.92 Å². The molecule has 1 aliphatic rings. The lowest BCUT2D eigenvalue weighted by Crippen LogP contribution is -2.42. The van der Waals surface area contributed by atoms with E-state index < -0.39 is 0 Å². The topological polar surface area (TPSA) is 48.0 Å². The van der Waals surface area contributed by atoms with E-state index in [1.54, 1.807) is 12.1 Å². The molecule has 1 unspecified atom stereocenters. The summed E-state index contributed by atoms with van der Waals surface area (Å²) in [6.45, 7) is 5.35. The molecule has 21 heavy (non-hydrogen) atoms. The van der Waals surface area contributed by atoms with Gasteiger partial charge in [0.2, 0.25) is 0 Å². The molecular formula is C15H20BrNO4. The van der Waals surface area contributed by atoms with Gasteiger partial charge in [-0.2, -0.15) is 0 Å².